The molecule has 4 nitrogen and oxygen atoms in total. The zero-order valence-electron chi connectivity index (χ0n) is 10.00. The molecule has 1 aromatic heterocycles. The van der Waals surface area contributed by atoms with E-state index in [0.29, 0.717) is 5.88 Å². The predicted molar refractivity (Wildman–Crippen MR) is 65.2 cm³/mol. The summed E-state index contributed by atoms with van der Waals surface area (Å²) < 4.78 is 10.7. The van der Waals surface area contributed by atoms with Gasteiger partial charge in [0.2, 0.25) is 0 Å². The summed E-state index contributed by atoms with van der Waals surface area (Å²) in [5.41, 5.74) is 5.46. The van der Waals surface area contributed by atoms with Crippen molar-refractivity contribution in [1.82, 2.24) is 5.32 Å². The lowest BCUT2D eigenvalue weighted by atomic mass is 10.3. The van der Waals surface area contributed by atoms with Crippen LogP contribution in [-0.2, 0) is 11.3 Å². The van der Waals surface area contributed by atoms with Crippen LogP contribution < -0.4 is 11.1 Å². The van der Waals surface area contributed by atoms with E-state index in [1.54, 1.807) is 6.07 Å². The number of anilines is 1. The third kappa shape index (κ3) is 5.78. The van der Waals surface area contributed by atoms with Crippen molar-refractivity contribution in [2.75, 3.05) is 25.5 Å². The van der Waals surface area contributed by atoms with E-state index in [2.05, 4.69) is 12.2 Å². The predicted octanol–water partition coefficient (Wildman–Crippen LogP) is 2.16. The molecular formula is C12H22N2O2. The van der Waals surface area contributed by atoms with Gasteiger partial charge in [0.15, 0.2) is 5.88 Å². The van der Waals surface area contributed by atoms with Crippen molar-refractivity contribution in [3.8, 4) is 0 Å². The first-order valence-corrected chi connectivity index (χ1v) is 5.95. The van der Waals surface area contributed by atoms with Crippen LogP contribution in [0.1, 0.15) is 31.9 Å². The highest BCUT2D eigenvalue weighted by Crippen LogP contribution is 2.08. The smallest absolute Gasteiger partial charge is 0.190 e. The van der Waals surface area contributed by atoms with Gasteiger partial charge in [0.25, 0.3) is 0 Å². The topological polar surface area (TPSA) is 60.4 Å². The fourth-order valence-electron chi connectivity index (χ4n) is 1.35. The molecule has 92 valence electrons. The summed E-state index contributed by atoms with van der Waals surface area (Å²) in [5.74, 6) is 1.35. The molecule has 0 aromatic carbocycles. The summed E-state index contributed by atoms with van der Waals surface area (Å²) >= 11 is 0. The van der Waals surface area contributed by atoms with Crippen LogP contribution in [0.2, 0.25) is 0 Å². The van der Waals surface area contributed by atoms with Gasteiger partial charge < -0.3 is 20.2 Å². The van der Waals surface area contributed by atoms with Crippen LogP contribution in [0.4, 0.5) is 5.88 Å². The number of unbranched alkanes of at least 4 members (excludes halogenated alkanes) is 1. The minimum absolute atomic E-state index is 0.472. The van der Waals surface area contributed by atoms with Crippen molar-refractivity contribution in [1.29, 1.82) is 0 Å². The Morgan fingerprint density at radius 1 is 1.31 bits per heavy atom. The van der Waals surface area contributed by atoms with E-state index in [1.165, 1.54) is 6.42 Å². The van der Waals surface area contributed by atoms with E-state index in [-0.39, 0.29) is 0 Å². The number of furan rings is 1. The summed E-state index contributed by atoms with van der Waals surface area (Å²) in [6.45, 7) is 5.54. The van der Waals surface area contributed by atoms with E-state index < -0.39 is 0 Å². The Kier molecular flexibility index (Phi) is 6.69. The molecule has 0 atom stereocenters. The number of nitrogens with two attached hydrogens (primary N) is 1. The molecule has 0 aliphatic rings. The molecule has 0 aliphatic carbocycles. The minimum atomic E-state index is 0.472. The van der Waals surface area contributed by atoms with E-state index in [0.717, 1.165) is 44.9 Å². The van der Waals surface area contributed by atoms with Gasteiger partial charge in [-0.15, -0.1) is 0 Å². The Labute approximate surface area is 97.1 Å². The molecule has 0 unspecified atom stereocenters. The molecule has 1 heterocycles. The minimum Gasteiger partial charge on any atom is -0.445 e. The molecule has 0 spiro atoms. The Hall–Kier alpha value is -1.00. The van der Waals surface area contributed by atoms with Crippen molar-refractivity contribution in [2.45, 2.75) is 32.7 Å². The summed E-state index contributed by atoms with van der Waals surface area (Å²) in [7, 11) is 0. The van der Waals surface area contributed by atoms with Gasteiger partial charge in [-0.05, 0) is 25.5 Å². The maximum Gasteiger partial charge on any atom is 0.190 e. The molecule has 0 bridgehead atoms. The second-order valence-electron chi connectivity index (χ2n) is 3.80. The standard InChI is InChI=1S/C12H22N2O2/c1-2-3-8-15-9-4-7-14-10-11-5-6-12(13)16-11/h5-6,14H,2-4,7-10,13H2,1H3. The van der Waals surface area contributed by atoms with Gasteiger partial charge >= 0.3 is 0 Å². The number of ether oxygens (including phenoxy) is 1. The molecule has 0 amide bonds. The zero-order chi connectivity index (χ0) is 11.6. The number of rotatable bonds is 9. The van der Waals surface area contributed by atoms with Gasteiger partial charge in [-0.25, -0.2) is 0 Å². The van der Waals surface area contributed by atoms with Crippen LogP contribution in [0, 0.1) is 0 Å². The quantitative estimate of drug-likeness (QED) is 0.633. The highest BCUT2D eigenvalue weighted by atomic mass is 16.5. The fourth-order valence-corrected chi connectivity index (χ4v) is 1.35. The van der Waals surface area contributed by atoms with Crippen LogP contribution in [0.3, 0.4) is 0 Å². The lowest BCUT2D eigenvalue weighted by Crippen LogP contribution is -2.16. The molecular weight excluding hydrogens is 204 g/mol. The maximum atomic E-state index is 5.46. The van der Waals surface area contributed by atoms with Crippen molar-refractivity contribution < 1.29 is 9.15 Å². The molecule has 0 saturated heterocycles. The maximum absolute atomic E-state index is 5.46. The average Bonchev–Trinajstić information content (AvgIpc) is 2.68. The molecule has 0 aliphatic heterocycles. The van der Waals surface area contributed by atoms with Crippen molar-refractivity contribution in [3.05, 3.63) is 17.9 Å². The van der Waals surface area contributed by atoms with E-state index >= 15 is 0 Å². The number of hydrogen-bond donors (Lipinski definition) is 2. The number of hydrogen-bond acceptors (Lipinski definition) is 4. The van der Waals surface area contributed by atoms with Gasteiger partial charge in [0, 0.05) is 19.3 Å². The summed E-state index contributed by atoms with van der Waals surface area (Å²) in [6, 6.07) is 3.66. The van der Waals surface area contributed by atoms with Crippen LogP contribution >= 0.6 is 0 Å². The molecule has 0 radical (unpaired) electrons. The molecule has 3 N–H and O–H groups in total. The van der Waals surface area contributed by atoms with E-state index in [9.17, 15) is 0 Å². The van der Waals surface area contributed by atoms with Gasteiger partial charge in [-0.3, -0.25) is 0 Å². The Bertz CT molecular complexity index is 274. The van der Waals surface area contributed by atoms with Gasteiger partial charge in [0.05, 0.1) is 6.54 Å². The van der Waals surface area contributed by atoms with E-state index in [4.69, 9.17) is 14.9 Å². The highest BCUT2D eigenvalue weighted by Gasteiger charge is 1.97. The highest BCUT2D eigenvalue weighted by molar-refractivity contribution is 5.25. The molecule has 1 aromatic rings. The molecule has 16 heavy (non-hydrogen) atoms. The first-order valence-electron chi connectivity index (χ1n) is 5.95. The molecule has 0 saturated carbocycles. The first-order chi connectivity index (χ1) is 7.83. The SMILES string of the molecule is CCCCOCCCNCc1ccc(N)o1. The second-order valence-corrected chi connectivity index (χ2v) is 3.80. The lowest BCUT2D eigenvalue weighted by molar-refractivity contribution is 0.128. The van der Waals surface area contributed by atoms with Gasteiger partial charge in [-0.1, -0.05) is 13.3 Å². The van der Waals surface area contributed by atoms with Crippen LogP contribution in [0.5, 0.6) is 0 Å². The van der Waals surface area contributed by atoms with E-state index in [1.807, 2.05) is 6.07 Å². The van der Waals surface area contributed by atoms with Crippen LogP contribution in [0.15, 0.2) is 16.5 Å². The van der Waals surface area contributed by atoms with Crippen LogP contribution in [0.25, 0.3) is 0 Å². The number of nitrogen functional groups attached to an aromatic ring is 1. The van der Waals surface area contributed by atoms with Crippen LogP contribution in [-0.4, -0.2) is 19.8 Å². The third-order valence-electron chi connectivity index (χ3n) is 2.27. The second kappa shape index (κ2) is 8.19. The normalized spacial score (nSPS) is 10.8. The Balaban J connectivity index is 1.88. The van der Waals surface area contributed by atoms with Crippen molar-refractivity contribution in [3.63, 3.8) is 0 Å². The lowest BCUT2D eigenvalue weighted by Gasteiger charge is -2.04. The Morgan fingerprint density at radius 3 is 2.81 bits per heavy atom. The molecule has 4 heteroatoms. The summed E-state index contributed by atoms with van der Waals surface area (Å²) in [4.78, 5) is 0. The largest absolute Gasteiger partial charge is 0.445 e. The molecule has 1 rings (SSSR count). The first kappa shape index (κ1) is 13.1. The monoisotopic (exact) mass is 226 g/mol. The summed E-state index contributed by atoms with van der Waals surface area (Å²) in [5, 5.41) is 3.28. The summed E-state index contributed by atoms with van der Waals surface area (Å²) in [6.07, 6.45) is 3.37. The van der Waals surface area contributed by atoms with Gasteiger partial charge in [-0.2, -0.15) is 0 Å². The number of nitrogens with one attached hydrogen (secondary N) is 1. The third-order valence-corrected chi connectivity index (χ3v) is 2.27. The fraction of sp³-hybridized carbons (Fsp3) is 0.667. The zero-order valence-corrected chi connectivity index (χ0v) is 10.00. The van der Waals surface area contributed by atoms with Crippen molar-refractivity contribution in [2.24, 2.45) is 0 Å². The van der Waals surface area contributed by atoms with Crippen molar-refractivity contribution >= 4 is 5.88 Å². The average molecular weight is 226 g/mol. The Morgan fingerprint density at radius 2 is 2.12 bits per heavy atom. The molecule has 0 fully saturated rings. The van der Waals surface area contributed by atoms with Gasteiger partial charge in [0.1, 0.15) is 5.76 Å².